The van der Waals surface area contributed by atoms with Crippen molar-refractivity contribution in [3.05, 3.63) is 0 Å². The molecule has 3 heterocycles. The molecular weight excluding hydrogens is 256 g/mol. The van der Waals surface area contributed by atoms with Gasteiger partial charge in [-0.15, -0.1) is 0 Å². The van der Waals surface area contributed by atoms with Gasteiger partial charge in [0.05, 0.1) is 0 Å². The molecule has 3 saturated heterocycles. The van der Waals surface area contributed by atoms with E-state index in [4.69, 9.17) is 0 Å². The highest BCUT2D eigenvalue weighted by Crippen LogP contribution is 2.63. The minimum Gasteiger partial charge on any atom is -0.302 e. The number of nitrogens with zero attached hydrogens (tertiary/aromatic N) is 2. The Morgan fingerprint density at radius 1 is 1.05 bits per heavy atom. The molecule has 0 aromatic carbocycles. The molecule has 2 bridgehead atoms. The van der Waals surface area contributed by atoms with Crippen molar-refractivity contribution in [2.75, 3.05) is 19.6 Å². The molecule has 0 radical (unpaired) electrons. The highest BCUT2D eigenvalue weighted by atomic mass is 15.3. The lowest BCUT2D eigenvalue weighted by Crippen LogP contribution is -2.50. The first kappa shape index (κ1) is 14.5. The summed E-state index contributed by atoms with van der Waals surface area (Å²) in [6.07, 6.45) is 6.00. The average molecular weight is 290 g/mol. The van der Waals surface area contributed by atoms with Gasteiger partial charge in [-0.1, -0.05) is 13.8 Å². The molecule has 0 aromatic rings. The number of likely N-dealkylation sites (tertiary alicyclic amines) is 1. The zero-order valence-electron chi connectivity index (χ0n) is 14.7. The van der Waals surface area contributed by atoms with Crippen molar-refractivity contribution in [1.29, 1.82) is 0 Å². The maximum Gasteiger partial charge on any atom is 0.0180 e. The zero-order chi connectivity index (χ0) is 15.0. The number of fused-ring (bicyclic) bond motifs is 3. The second-order valence-electron chi connectivity index (χ2n) is 10.1. The molecule has 2 saturated carbocycles. The van der Waals surface area contributed by atoms with Gasteiger partial charge in [0.15, 0.2) is 0 Å². The molecule has 5 rings (SSSR count). The molecule has 3 unspecified atom stereocenters. The molecule has 0 aromatic heterocycles. The van der Waals surface area contributed by atoms with Crippen molar-refractivity contribution in [2.24, 2.45) is 23.2 Å². The van der Waals surface area contributed by atoms with Crippen molar-refractivity contribution in [1.82, 2.24) is 9.80 Å². The predicted octanol–water partition coefficient (Wildman–Crippen LogP) is 3.62. The van der Waals surface area contributed by atoms with E-state index >= 15 is 0 Å². The van der Waals surface area contributed by atoms with Crippen LogP contribution in [0.15, 0.2) is 0 Å². The number of piperidine rings is 3. The van der Waals surface area contributed by atoms with Crippen LogP contribution in [0.4, 0.5) is 0 Å². The van der Waals surface area contributed by atoms with Gasteiger partial charge < -0.3 is 4.90 Å². The fourth-order valence-electron chi connectivity index (χ4n) is 5.99. The van der Waals surface area contributed by atoms with Crippen LogP contribution >= 0.6 is 0 Å². The van der Waals surface area contributed by atoms with E-state index in [-0.39, 0.29) is 0 Å². The van der Waals surface area contributed by atoms with E-state index in [0.717, 1.165) is 29.8 Å². The van der Waals surface area contributed by atoms with Crippen LogP contribution in [0, 0.1) is 23.2 Å². The monoisotopic (exact) mass is 290 g/mol. The van der Waals surface area contributed by atoms with Gasteiger partial charge in [0, 0.05) is 42.7 Å². The summed E-state index contributed by atoms with van der Waals surface area (Å²) in [4.78, 5) is 5.73. The third-order valence-corrected chi connectivity index (χ3v) is 6.90. The summed E-state index contributed by atoms with van der Waals surface area (Å²) >= 11 is 0. The first-order valence-electron chi connectivity index (χ1n) is 9.29. The lowest BCUT2D eigenvalue weighted by Gasteiger charge is -2.48. The molecule has 21 heavy (non-hydrogen) atoms. The van der Waals surface area contributed by atoms with Gasteiger partial charge in [0.25, 0.3) is 0 Å². The maximum absolute atomic E-state index is 2.89. The van der Waals surface area contributed by atoms with Crippen LogP contribution in [-0.4, -0.2) is 47.1 Å². The minimum absolute atomic E-state index is 0.335. The quantitative estimate of drug-likeness (QED) is 0.783. The van der Waals surface area contributed by atoms with E-state index in [1.54, 1.807) is 0 Å². The zero-order valence-corrected chi connectivity index (χ0v) is 14.7. The Morgan fingerprint density at radius 3 is 2.14 bits per heavy atom. The summed E-state index contributed by atoms with van der Waals surface area (Å²) in [5, 5.41) is 0. The van der Waals surface area contributed by atoms with E-state index in [1.165, 1.54) is 45.3 Å². The van der Waals surface area contributed by atoms with Gasteiger partial charge in [-0.05, 0) is 64.2 Å². The largest absolute Gasteiger partial charge is 0.302 e. The number of hydrogen-bond acceptors (Lipinski definition) is 2. The van der Waals surface area contributed by atoms with Gasteiger partial charge >= 0.3 is 0 Å². The Morgan fingerprint density at radius 2 is 1.67 bits per heavy atom. The molecule has 0 amide bonds. The lowest BCUT2D eigenvalue weighted by molar-refractivity contribution is 0.0153. The van der Waals surface area contributed by atoms with E-state index < -0.39 is 0 Å². The Balaban J connectivity index is 1.47. The summed E-state index contributed by atoms with van der Waals surface area (Å²) in [6.45, 7) is 16.3. The van der Waals surface area contributed by atoms with Crippen LogP contribution in [-0.2, 0) is 0 Å². The standard InChI is InChI=1S/C19H34N2/c1-13(2)16-8-19(9-17(19)21(16)18(3,4)5)12-20-10-14-6-15(7-14)11-20/h13-17H,6-12H2,1-5H3. The average Bonchev–Trinajstić information content (AvgIpc) is 2.89. The maximum atomic E-state index is 2.89. The Labute approximate surface area is 131 Å². The third kappa shape index (κ3) is 2.28. The summed E-state index contributed by atoms with van der Waals surface area (Å²) in [5.74, 6) is 2.90. The molecule has 120 valence electrons. The van der Waals surface area contributed by atoms with Crippen LogP contribution < -0.4 is 0 Å². The summed E-state index contributed by atoms with van der Waals surface area (Å²) in [6, 6.07) is 1.69. The van der Waals surface area contributed by atoms with Crippen LogP contribution in [0.1, 0.15) is 60.3 Å². The van der Waals surface area contributed by atoms with Crippen molar-refractivity contribution in [3.8, 4) is 0 Å². The van der Waals surface area contributed by atoms with Crippen molar-refractivity contribution in [3.63, 3.8) is 0 Å². The molecule has 2 nitrogen and oxygen atoms in total. The minimum atomic E-state index is 0.335. The summed E-state index contributed by atoms with van der Waals surface area (Å²) in [5.41, 5.74) is 0.994. The molecule has 2 heteroatoms. The molecular formula is C19H34N2. The number of rotatable bonds is 3. The summed E-state index contributed by atoms with van der Waals surface area (Å²) < 4.78 is 0. The number of hydrogen-bond donors (Lipinski definition) is 0. The highest BCUT2D eigenvalue weighted by Gasteiger charge is 2.66. The Bertz CT molecular complexity index is 408. The van der Waals surface area contributed by atoms with E-state index in [2.05, 4.69) is 44.4 Å². The van der Waals surface area contributed by atoms with Crippen LogP contribution in [0.3, 0.4) is 0 Å². The first-order chi connectivity index (χ1) is 9.78. The second kappa shape index (κ2) is 4.47. The molecule has 5 aliphatic rings. The van der Waals surface area contributed by atoms with E-state index in [0.29, 0.717) is 11.0 Å². The van der Waals surface area contributed by atoms with Gasteiger partial charge in [-0.25, -0.2) is 0 Å². The molecule has 0 spiro atoms. The Kier molecular flexibility index (Phi) is 3.09. The van der Waals surface area contributed by atoms with Crippen molar-refractivity contribution >= 4 is 0 Å². The van der Waals surface area contributed by atoms with Gasteiger partial charge in [0.1, 0.15) is 0 Å². The Hall–Kier alpha value is -0.0800. The molecule has 3 atom stereocenters. The topological polar surface area (TPSA) is 6.48 Å². The predicted molar refractivity (Wildman–Crippen MR) is 88.3 cm³/mol. The van der Waals surface area contributed by atoms with Gasteiger partial charge in [0.2, 0.25) is 0 Å². The SMILES string of the molecule is CC(C)C1CC2(CN3CC4CC(C4)C3)CC2N1C(C)(C)C. The van der Waals surface area contributed by atoms with Crippen molar-refractivity contribution in [2.45, 2.75) is 77.9 Å². The first-order valence-corrected chi connectivity index (χ1v) is 9.29. The smallest absolute Gasteiger partial charge is 0.0180 e. The molecule has 0 N–H and O–H groups in total. The molecule has 3 aliphatic heterocycles. The fraction of sp³-hybridized carbons (Fsp3) is 1.00. The van der Waals surface area contributed by atoms with Crippen LogP contribution in [0.25, 0.3) is 0 Å². The van der Waals surface area contributed by atoms with Crippen LogP contribution in [0.5, 0.6) is 0 Å². The van der Waals surface area contributed by atoms with Gasteiger partial charge in [-0.3, -0.25) is 4.90 Å². The van der Waals surface area contributed by atoms with Gasteiger partial charge in [-0.2, -0.15) is 0 Å². The lowest BCUT2D eigenvalue weighted by atomic mass is 9.71. The normalized spacial score (nSPS) is 46.6. The highest BCUT2D eigenvalue weighted by molar-refractivity contribution is 5.20. The molecule has 2 aliphatic carbocycles. The van der Waals surface area contributed by atoms with E-state index in [1.807, 2.05) is 0 Å². The van der Waals surface area contributed by atoms with Crippen molar-refractivity contribution < 1.29 is 0 Å². The van der Waals surface area contributed by atoms with Crippen LogP contribution in [0.2, 0.25) is 0 Å². The fourth-order valence-corrected chi connectivity index (χ4v) is 5.99. The summed E-state index contributed by atoms with van der Waals surface area (Å²) in [7, 11) is 0. The third-order valence-electron chi connectivity index (χ3n) is 6.90. The van der Waals surface area contributed by atoms with E-state index in [9.17, 15) is 0 Å². The molecule has 5 fully saturated rings. The second-order valence-corrected chi connectivity index (χ2v) is 10.1.